The van der Waals surface area contributed by atoms with Crippen molar-refractivity contribution in [2.75, 3.05) is 0 Å². The van der Waals surface area contributed by atoms with Crippen LogP contribution < -0.4 is 0 Å². The van der Waals surface area contributed by atoms with Crippen molar-refractivity contribution in [3.05, 3.63) is 90.6 Å². The zero-order valence-electron chi connectivity index (χ0n) is 15.6. The van der Waals surface area contributed by atoms with Gasteiger partial charge in [-0.2, -0.15) is 0 Å². The Labute approximate surface area is 159 Å². The van der Waals surface area contributed by atoms with Crippen LogP contribution in [0.5, 0.6) is 0 Å². The van der Waals surface area contributed by atoms with Crippen LogP contribution in [0, 0.1) is 0 Å². The molecule has 1 nitrogen and oxygen atoms in total. The Morgan fingerprint density at radius 3 is 1.74 bits per heavy atom. The number of hydrogen-bond donors (Lipinski definition) is 0. The highest BCUT2D eigenvalue weighted by molar-refractivity contribution is 6.25. The zero-order chi connectivity index (χ0) is 18.4. The largest absolute Gasteiger partial charge is 0.256 e. The Bertz CT molecular complexity index is 1260. The van der Waals surface area contributed by atoms with E-state index in [0.717, 1.165) is 5.69 Å². The van der Waals surface area contributed by atoms with Crippen LogP contribution in [0.3, 0.4) is 0 Å². The van der Waals surface area contributed by atoms with Crippen LogP contribution in [-0.2, 0) is 0 Å². The van der Waals surface area contributed by atoms with Crippen LogP contribution in [-0.4, -0.2) is 4.98 Å². The van der Waals surface area contributed by atoms with E-state index in [2.05, 4.69) is 97.7 Å². The maximum absolute atomic E-state index is 4.64. The number of pyridine rings is 1. The average Bonchev–Trinajstić information content (AvgIpc) is 2.73. The summed E-state index contributed by atoms with van der Waals surface area (Å²) in [7, 11) is 0. The number of rotatable bonds is 2. The molecule has 0 aliphatic rings. The topological polar surface area (TPSA) is 12.9 Å². The first-order chi connectivity index (χ1) is 13.2. The molecule has 0 aliphatic heterocycles. The van der Waals surface area contributed by atoms with E-state index in [1.807, 2.05) is 6.20 Å². The predicted octanol–water partition coefficient (Wildman–Crippen LogP) is 7.33. The zero-order valence-corrected chi connectivity index (χ0v) is 15.6. The van der Waals surface area contributed by atoms with Crippen molar-refractivity contribution in [2.45, 2.75) is 19.8 Å². The van der Waals surface area contributed by atoms with Gasteiger partial charge in [0, 0.05) is 11.8 Å². The molecule has 5 aromatic rings. The summed E-state index contributed by atoms with van der Waals surface area (Å²) < 4.78 is 0. The van der Waals surface area contributed by atoms with Gasteiger partial charge in [-0.25, -0.2) is 0 Å². The first-order valence-electron chi connectivity index (χ1n) is 9.52. The molecule has 4 aromatic carbocycles. The molecule has 0 saturated heterocycles. The van der Waals surface area contributed by atoms with Gasteiger partial charge in [0.1, 0.15) is 0 Å². The van der Waals surface area contributed by atoms with Gasteiger partial charge in [-0.05, 0) is 62.0 Å². The molecule has 0 saturated carbocycles. The van der Waals surface area contributed by atoms with E-state index < -0.39 is 0 Å². The lowest BCUT2D eigenvalue weighted by Gasteiger charge is -2.12. The molecule has 5 rings (SSSR count). The maximum Gasteiger partial charge on any atom is 0.0705 e. The number of fused-ring (bicyclic) bond motifs is 6. The van der Waals surface area contributed by atoms with Gasteiger partial charge in [0.05, 0.1) is 5.69 Å². The van der Waals surface area contributed by atoms with Gasteiger partial charge in [-0.1, -0.05) is 74.5 Å². The van der Waals surface area contributed by atoms with Crippen molar-refractivity contribution in [1.82, 2.24) is 4.98 Å². The number of aromatic nitrogens is 1. The Morgan fingerprint density at radius 2 is 1.15 bits per heavy atom. The van der Waals surface area contributed by atoms with E-state index in [4.69, 9.17) is 0 Å². The number of nitrogens with zero attached hydrogens (tertiary/aromatic N) is 1. The fourth-order valence-electron chi connectivity index (χ4n) is 4.03. The van der Waals surface area contributed by atoms with Gasteiger partial charge >= 0.3 is 0 Å². The quantitative estimate of drug-likeness (QED) is 0.305. The second kappa shape index (κ2) is 6.21. The molecule has 0 N–H and O–H groups in total. The van der Waals surface area contributed by atoms with Crippen LogP contribution in [0.2, 0.25) is 0 Å². The lowest BCUT2D eigenvalue weighted by atomic mass is 9.92. The summed E-state index contributed by atoms with van der Waals surface area (Å²) >= 11 is 0. The van der Waals surface area contributed by atoms with E-state index in [1.54, 1.807) is 0 Å². The molecule has 1 aromatic heterocycles. The summed E-state index contributed by atoms with van der Waals surface area (Å²) in [5.41, 5.74) is 3.54. The van der Waals surface area contributed by atoms with E-state index in [-0.39, 0.29) is 0 Å². The van der Waals surface area contributed by atoms with Crippen LogP contribution in [0.4, 0.5) is 0 Å². The molecule has 1 heteroatoms. The summed E-state index contributed by atoms with van der Waals surface area (Å²) in [5, 5.41) is 7.82. The molecular formula is C26H21N. The van der Waals surface area contributed by atoms with Crippen molar-refractivity contribution >= 4 is 32.3 Å². The van der Waals surface area contributed by atoms with Crippen molar-refractivity contribution in [1.29, 1.82) is 0 Å². The molecule has 130 valence electrons. The minimum absolute atomic E-state index is 0.497. The molecule has 0 spiro atoms. The third-order valence-corrected chi connectivity index (χ3v) is 5.49. The maximum atomic E-state index is 4.64. The normalized spacial score (nSPS) is 11.7. The number of benzene rings is 4. The summed E-state index contributed by atoms with van der Waals surface area (Å²) in [6.45, 7) is 4.44. The van der Waals surface area contributed by atoms with Crippen molar-refractivity contribution in [3.8, 4) is 11.3 Å². The predicted molar refractivity (Wildman–Crippen MR) is 116 cm³/mol. The van der Waals surface area contributed by atoms with E-state index >= 15 is 0 Å². The van der Waals surface area contributed by atoms with Gasteiger partial charge in [-0.3, -0.25) is 4.98 Å². The van der Waals surface area contributed by atoms with Crippen molar-refractivity contribution < 1.29 is 0 Å². The molecule has 0 fully saturated rings. The van der Waals surface area contributed by atoms with Gasteiger partial charge in [0.25, 0.3) is 0 Å². The SMILES string of the molecule is CC(C)c1ccnc(-c2ccc3c4ccccc4c4ccccc4c3c2)c1. The van der Waals surface area contributed by atoms with Crippen LogP contribution in [0.15, 0.2) is 85.1 Å². The smallest absolute Gasteiger partial charge is 0.0705 e. The second-order valence-corrected chi connectivity index (χ2v) is 7.48. The molecule has 0 atom stereocenters. The third-order valence-electron chi connectivity index (χ3n) is 5.49. The highest BCUT2D eigenvalue weighted by Gasteiger charge is 2.10. The van der Waals surface area contributed by atoms with Gasteiger partial charge in [0.15, 0.2) is 0 Å². The van der Waals surface area contributed by atoms with Crippen LogP contribution >= 0.6 is 0 Å². The number of hydrogen-bond acceptors (Lipinski definition) is 1. The van der Waals surface area contributed by atoms with Crippen molar-refractivity contribution in [2.24, 2.45) is 0 Å². The standard InChI is InChI=1S/C26H21N/c1-17(2)18-13-14-27-26(16-18)19-11-12-24-22-9-4-3-7-20(22)21-8-5-6-10-23(21)25(24)15-19/h3-17H,1-2H3. The lowest BCUT2D eigenvalue weighted by molar-refractivity contribution is 0.864. The fraction of sp³-hybridized carbons (Fsp3) is 0.115. The highest BCUT2D eigenvalue weighted by atomic mass is 14.7. The van der Waals surface area contributed by atoms with E-state index in [9.17, 15) is 0 Å². The third kappa shape index (κ3) is 2.59. The molecule has 0 unspecified atom stereocenters. The molecule has 0 bridgehead atoms. The van der Waals surface area contributed by atoms with Crippen molar-refractivity contribution in [3.63, 3.8) is 0 Å². The molecule has 0 aliphatic carbocycles. The Kier molecular flexibility index (Phi) is 3.68. The fourth-order valence-corrected chi connectivity index (χ4v) is 4.03. The summed E-state index contributed by atoms with van der Waals surface area (Å²) in [6, 6.07) is 28.5. The molecule has 27 heavy (non-hydrogen) atoms. The molecule has 0 amide bonds. The molecule has 0 radical (unpaired) electrons. The first-order valence-corrected chi connectivity index (χ1v) is 9.52. The second-order valence-electron chi connectivity index (χ2n) is 7.48. The summed E-state index contributed by atoms with van der Waals surface area (Å²) in [5.74, 6) is 0.497. The van der Waals surface area contributed by atoms with Gasteiger partial charge in [-0.15, -0.1) is 0 Å². The van der Waals surface area contributed by atoms with E-state index in [0.29, 0.717) is 5.92 Å². The lowest BCUT2D eigenvalue weighted by Crippen LogP contribution is -1.91. The average molecular weight is 347 g/mol. The summed E-state index contributed by atoms with van der Waals surface area (Å²) in [6.07, 6.45) is 1.92. The summed E-state index contributed by atoms with van der Waals surface area (Å²) in [4.78, 5) is 4.64. The monoisotopic (exact) mass is 347 g/mol. The van der Waals surface area contributed by atoms with Crippen LogP contribution in [0.25, 0.3) is 43.6 Å². The first kappa shape index (κ1) is 16.0. The van der Waals surface area contributed by atoms with E-state index in [1.165, 1.54) is 43.4 Å². The Morgan fingerprint density at radius 1 is 0.593 bits per heavy atom. The molecule has 1 heterocycles. The minimum atomic E-state index is 0.497. The van der Waals surface area contributed by atoms with Gasteiger partial charge < -0.3 is 0 Å². The Balaban J connectivity index is 1.85. The highest BCUT2D eigenvalue weighted by Crippen LogP contribution is 2.36. The Hall–Kier alpha value is -3.19. The van der Waals surface area contributed by atoms with Gasteiger partial charge in [0.2, 0.25) is 0 Å². The van der Waals surface area contributed by atoms with Crippen LogP contribution in [0.1, 0.15) is 25.3 Å². The molecular weight excluding hydrogens is 326 g/mol. The minimum Gasteiger partial charge on any atom is -0.256 e.